The third-order valence-electron chi connectivity index (χ3n) is 5.36. The van der Waals surface area contributed by atoms with Crippen molar-refractivity contribution in [1.82, 2.24) is 4.57 Å². The number of aromatic nitrogens is 1. The standard InChI is InChI=1S/C25H22BrClN2O5S/c1-12(2)34-24(32)20-13(3)28-25-29(21(20)16-7-5-6-8-17(16)27)23(31)19(35-25)10-14-9-15(26)11-18(33-4)22(14)30/h5-12,21,30H,1-4H3. The highest BCUT2D eigenvalue weighted by atomic mass is 79.9. The van der Waals surface area contributed by atoms with E-state index >= 15 is 0 Å². The molecule has 2 heterocycles. The zero-order valence-corrected chi connectivity index (χ0v) is 22.5. The lowest BCUT2D eigenvalue weighted by molar-refractivity contribution is -0.143. The fourth-order valence-corrected chi connectivity index (χ4v) is 5.58. The molecule has 1 unspecified atom stereocenters. The number of phenolic OH excluding ortho intramolecular Hbond substituents is 1. The minimum absolute atomic E-state index is 0.0958. The molecule has 0 aliphatic carbocycles. The number of hydrogen-bond acceptors (Lipinski definition) is 7. The molecule has 1 aromatic heterocycles. The topological polar surface area (TPSA) is 90.1 Å². The molecule has 3 aromatic rings. The Balaban J connectivity index is 1.99. The van der Waals surface area contributed by atoms with Crippen molar-refractivity contribution < 1.29 is 19.4 Å². The van der Waals surface area contributed by atoms with Crippen molar-refractivity contribution in [3.8, 4) is 11.5 Å². The molecule has 0 spiro atoms. The van der Waals surface area contributed by atoms with Crippen LogP contribution >= 0.6 is 38.9 Å². The van der Waals surface area contributed by atoms with E-state index in [1.54, 1.807) is 63.2 Å². The lowest BCUT2D eigenvalue weighted by atomic mass is 9.96. The second-order valence-electron chi connectivity index (χ2n) is 8.10. The zero-order valence-electron chi connectivity index (χ0n) is 19.3. The van der Waals surface area contributed by atoms with Gasteiger partial charge in [0, 0.05) is 15.1 Å². The second-order valence-corrected chi connectivity index (χ2v) is 10.4. The number of nitrogens with zero attached hydrogens (tertiary/aromatic N) is 2. The maximum absolute atomic E-state index is 13.7. The van der Waals surface area contributed by atoms with Crippen LogP contribution in [0.2, 0.25) is 5.02 Å². The summed E-state index contributed by atoms with van der Waals surface area (Å²) in [6.45, 7) is 5.22. The Morgan fingerprint density at radius 3 is 2.69 bits per heavy atom. The molecule has 182 valence electrons. The first-order valence-electron chi connectivity index (χ1n) is 10.7. The number of rotatable bonds is 5. The number of hydrogen-bond donors (Lipinski definition) is 1. The highest BCUT2D eigenvalue weighted by Crippen LogP contribution is 2.35. The number of aromatic hydroxyl groups is 1. The van der Waals surface area contributed by atoms with E-state index in [4.69, 9.17) is 21.1 Å². The number of ether oxygens (including phenoxy) is 2. The van der Waals surface area contributed by atoms with Gasteiger partial charge in [-0.25, -0.2) is 9.79 Å². The monoisotopic (exact) mass is 576 g/mol. The number of benzene rings is 2. The molecule has 4 rings (SSSR count). The maximum Gasteiger partial charge on any atom is 0.338 e. The first-order valence-corrected chi connectivity index (χ1v) is 12.7. The average Bonchev–Trinajstić information content (AvgIpc) is 3.09. The van der Waals surface area contributed by atoms with E-state index < -0.39 is 12.0 Å². The summed E-state index contributed by atoms with van der Waals surface area (Å²) in [7, 11) is 1.45. The molecule has 1 aliphatic heterocycles. The van der Waals surface area contributed by atoms with Crippen molar-refractivity contribution in [3.05, 3.63) is 88.0 Å². The van der Waals surface area contributed by atoms with Crippen LogP contribution in [0.1, 0.15) is 37.9 Å². The predicted octanol–water partition coefficient (Wildman–Crippen LogP) is 4.32. The van der Waals surface area contributed by atoms with Crippen LogP contribution in [0.5, 0.6) is 11.5 Å². The Morgan fingerprint density at radius 1 is 1.31 bits per heavy atom. The molecule has 0 radical (unpaired) electrons. The molecular weight excluding hydrogens is 556 g/mol. The van der Waals surface area contributed by atoms with Crippen molar-refractivity contribution in [1.29, 1.82) is 0 Å². The molecular formula is C25H22BrClN2O5S. The van der Waals surface area contributed by atoms with Crippen molar-refractivity contribution in [2.24, 2.45) is 4.99 Å². The molecule has 35 heavy (non-hydrogen) atoms. The number of thiazole rings is 1. The predicted molar refractivity (Wildman–Crippen MR) is 139 cm³/mol. The largest absolute Gasteiger partial charge is 0.504 e. The number of esters is 1. The van der Waals surface area contributed by atoms with Gasteiger partial charge in [0.05, 0.1) is 29.0 Å². The van der Waals surface area contributed by atoms with Gasteiger partial charge in [0.1, 0.15) is 6.04 Å². The average molecular weight is 578 g/mol. The summed E-state index contributed by atoms with van der Waals surface area (Å²) >= 11 is 11.1. The van der Waals surface area contributed by atoms with Gasteiger partial charge in [0.2, 0.25) is 0 Å². The maximum atomic E-state index is 13.7. The summed E-state index contributed by atoms with van der Waals surface area (Å²) < 4.78 is 13.2. The third kappa shape index (κ3) is 4.80. The quantitative estimate of drug-likeness (QED) is 0.457. The Hall–Kier alpha value is -2.88. The molecule has 2 aromatic carbocycles. The van der Waals surface area contributed by atoms with E-state index in [0.717, 1.165) is 11.3 Å². The smallest absolute Gasteiger partial charge is 0.338 e. The van der Waals surface area contributed by atoms with E-state index in [2.05, 4.69) is 20.9 Å². The number of allylic oxidation sites excluding steroid dienone is 1. The third-order valence-corrected chi connectivity index (χ3v) is 7.14. The summed E-state index contributed by atoms with van der Waals surface area (Å²) in [5.74, 6) is -0.390. The summed E-state index contributed by atoms with van der Waals surface area (Å²) in [4.78, 5) is 31.8. The summed E-state index contributed by atoms with van der Waals surface area (Å²) in [6.07, 6.45) is 1.22. The van der Waals surface area contributed by atoms with Crippen LogP contribution in [0.3, 0.4) is 0 Å². The molecule has 1 N–H and O–H groups in total. The molecule has 1 atom stereocenters. The number of carbonyl (C=O) groups excluding carboxylic acids is 1. The molecule has 1 aliphatic rings. The van der Waals surface area contributed by atoms with Gasteiger partial charge >= 0.3 is 5.97 Å². The van der Waals surface area contributed by atoms with Gasteiger partial charge < -0.3 is 14.6 Å². The zero-order chi connectivity index (χ0) is 25.4. The Morgan fingerprint density at radius 2 is 2.03 bits per heavy atom. The molecule has 0 saturated heterocycles. The lowest BCUT2D eigenvalue weighted by Crippen LogP contribution is -2.40. The van der Waals surface area contributed by atoms with E-state index in [1.165, 1.54) is 11.7 Å². The van der Waals surface area contributed by atoms with Crippen LogP contribution < -0.4 is 19.6 Å². The number of phenols is 1. The van der Waals surface area contributed by atoms with Crippen molar-refractivity contribution in [2.45, 2.75) is 32.9 Å². The Kier molecular flexibility index (Phi) is 7.21. The number of methoxy groups -OCH3 is 1. The Bertz CT molecular complexity index is 1540. The van der Waals surface area contributed by atoms with E-state index in [9.17, 15) is 14.7 Å². The first-order chi connectivity index (χ1) is 16.6. The van der Waals surface area contributed by atoms with Gasteiger partial charge in [0.15, 0.2) is 16.3 Å². The van der Waals surface area contributed by atoms with Crippen LogP contribution in [-0.4, -0.2) is 28.9 Å². The Labute approximate surface area is 218 Å². The minimum Gasteiger partial charge on any atom is -0.504 e. The highest BCUT2D eigenvalue weighted by molar-refractivity contribution is 9.10. The van der Waals surface area contributed by atoms with Gasteiger partial charge in [-0.15, -0.1) is 0 Å². The van der Waals surface area contributed by atoms with Gasteiger partial charge in [0.25, 0.3) is 5.56 Å². The molecule has 0 saturated carbocycles. The lowest BCUT2D eigenvalue weighted by Gasteiger charge is -2.26. The van der Waals surface area contributed by atoms with Gasteiger partial charge in [-0.1, -0.05) is 57.1 Å². The van der Waals surface area contributed by atoms with E-state index in [1.807, 2.05) is 0 Å². The van der Waals surface area contributed by atoms with Crippen LogP contribution in [0.25, 0.3) is 6.08 Å². The van der Waals surface area contributed by atoms with Crippen LogP contribution in [0.4, 0.5) is 0 Å². The number of carbonyl (C=O) groups is 1. The first kappa shape index (κ1) is 25.2. The van der Waals surface area contributed by atoms with E-state index in [-0.39, 0.29) is 28.7 Å². The van der Waals surface area contributed by atoms with Gasteiger partial charge in [-0.05, 0) is 50.6 Å². The normalized spacial score (nSPS) is 15.7. The molecule has 0 bridgehead atoms. The number of halogens is 2. The van der Waals surface area contributed by atoms with Crippen LogP contribution in [0, 0.1) is 0 Å². The summed E-state index contributed by atoms with van der Waals surface area (Å²) in [6, 6.07) is 9.54. The van der Waals surface area contributed by atoms with Gasteiger partial charge in [-0.3, -0.25) is 9.36 Å². The fraction of sp³-hybridized carbons (Fsp3) is 0.240. The summed E-state index contributed by atoms with van der Waals surface area (Å²) in [5.41, 5.74) is 1.29. The SMILES string of the molecule is COc1cc(Br)cc(C=c2sc3n(c2=O)C(c2ccccc2Cl)C(C(=O)OC(C)C)=C(C)N=3)c1O. The summed E-state index contributed by atoms with van der Waals surface area (Å²) in [5, 5.41) is 11.0. The second kappa shape index (κ2) is 10.0. The van der Waals surface area contributed by atoms with Crippen molar-refractivity contribution in [2.75, 3.05) is 7.11 Å². The number of fused-ring (bicyclic) bond motifs is 1. The molecule has 10 heteroatoms. The van der Waals surface area contributed by atoms with Crippen LogP contribution in [-0.2, 0) is 9.53 Å². The molecule has 0 fully saturated rings. The highest BCUT2D eigenvalue weighted by Gasteiger charge is 2.34. The van der Waals surface area contributed by atoms with Gasteiger partial charge in [-0.2, -0.15) is 0 Å². The molecule has 7 nitrogen and oxygen atoms in total. The van der Waals surface area contributed by atoms with Crippen molar-refractivity contribution in [3.63, 3.8) is 0 Å². The minimum atomic E-state index is -0.820. The fourth-order valence-electron chi connectivity index (χ4n) is 3.85. The van der Waals surface area contributed by atoms with E-state index in [0.29, 0.717) is 35.7 Å². The molecule has 0 amide bonds. The van der Waals surface area contributed by atoms with Crippen LogP contribution in [0.15, 0.2) is 61.9 Å². The van der Waals surface area contributed by atoms with Crippen molar-refractivity contribution >= 4 is 50.9 Å².